The number of para-hydroxylation sites is 2. The van der Waals surface area contributed by atoms with E-state index in [1.807, 2.05) is 55.5 Å². The average Bonchev–Trinajstić information content (AvgIpc) is 2.97. The number of fused-ring (bicyclic) bond motifs is 1. The molecule has 3 rings (SSSR count). The summed E-state index contributed by atoms with van der Waals surface area (Å²) in [7, 11) is 0. The van der Waals surface area contributed by atoms with E-state index in [0.717, 1.165) is 28.3 Å². The van der Waals surface area contributed by atoms with Crippen LogP contribution in [0.5, 0.6) is 0 Å². The van der Waals surface area contributed by atoms with Gasteiger partial charge in [-0.15, -0.1) is 0 Å². The first kappa shape index (κ1) is 16.6. The lowest BCUT2D eigenvalue weighted by atomic mass is 10.2. The summed E-state index contributed by atoms with van der Waals surface area (Å²) in [4.78, 5) is 17.0. The third kappa shape index (κ3) is 3.62. The maximum absolute atomic E-state index is 12.4. The summed E-state index contributed by atoms with van der Waals surface area (Å²) in [6, 6.07) is 18.0. The highest BCUT2D eigenvalue weighted by Gasteiger charge is 2.18. The van der Waals surface area contributed by atoms with Gasteiger partial charge in [-0.1, -0.05) is 54.2 Å². The van der Waals surface area contributed by atoms with Gasteiger partial charge in [0.25, 0.3) is 0 Å². The molecule has 0 radical (unpaired) electrons. The molecule has 124 valence electrons. The van der Waals surface area contributed by atoms with Crippen molar-refractivity contribution in [2.24, 2.45) is 0 Å². The molecule has 24 heavy (non-hydrogen) atoms. The van der Waals surface area contributed by atoms with Crippen molar-refractivity contribution in [1.29, 1.82) is 0 Å². The topological polar surface area (TPSA) is 46.9 Å². The first-order chi connectivity index (χ1) is 11.7. The Morgan fingerprint density at radius 3 is 2.62 bits per heavy atom. The van der Waals surface area contributed by atoms with Crippen molar-refractivity contribution < 1.29 is 4.79 Å². The number of imidazole rings is 1. The Morgan fingerprint density at radius 1 is 1.17 bits per heavy atom. The minimum absolute atomic E-state index is 0.0264. The van der Waals surface area contributed by atoms with Crippen LogP contribution in [-0.4, -0.2) is 20.7 Å². The van der Waals surface area contributed by atoms with Crippen molar-refractivity contribution in [3.8, 4) is 0 Å². The van der Waals surface area contributed by atoms with Crippen molar-refractivity contribution >= 4 is 28.7 Å². The van der Waals surface area contributed by atoms with Gasteiger partial charge in [0.15, 0.2) is 5.16 Å². The minimum Gasteiger partial charge on any atom is -0.351 e. The second-order valence-electron chi connectivity index (χ2n) is 5.59. The second kappa shape index (κ2) is 7.53. The van der Waals surface area contributed by atoms with E-state index >= 15 is 0 Å². The van der Waals surface area contributed by atoms with Gasteiger partial charge in [-0.2, -0.15) is 0 Å². The van der Waals surface area contributed by atoms with Crippen LogP contribution in [0.15, 0.2) is 59.8 Å². The van der Waals surface area contributed by atoms with E-state index in [-0.39, 0.29) is 11.2 Å². The maximum atomic E-state index is 12.4. The number of rotatable bonds is 6. The average molecular weight is 339 g/mol. The zero-order valence-electron chi connectivity index (χ0n) is 13.9. The van der Waals surface area contributed by atoms with E-state index in [2.05, 4.69) is 27.9 Å². The standard InChI is InChI=1S/C19H21N3OS/c1-3-22-17-12-8-7-11-16(17)21-19(22)24-14(2)18(23)20-13-15-9-5-4-6-10-15/h4-12,14H,3,13H2,1-2H3,(H,20,23)/t14-/m1/s1. The van der Waals surface area contributed by atoms with Gasteiger partial charge in [-0.25, -0.2) is 4.98 Å². The molecule has 0 aliphatic rings. The first-order valence-corrected chi connectivity index (χ1v) is 9.00. The van der Waals surface area contributed by atoms with Crippen molar-refractivity contribution in [1.82, 2.24) is 14.9 Å². The molecule has 0 fully saturated rings. The van der Waals surface area contributed by atoms with Crippen LogP contribution >= 0.6 is 11.8 Å². The van der Waals surface area contributed by atoms with Gasteiger partial charge in [-0.3, -0.25) is 4.79 Å². The van der Waals surface area contributed by atoms with E-state index in [1.54, 1.807) is 0 Å². The Hall–Kier alpha value is -2.27. The smallest absolute Gasteiger partial charge is 0.233 e. The van der Waals surface area contributed by atoms with Crippen LogP contribution in [0.3, 0.4) is 0 Å². The number of aromatic nitrogens is 2. The lowest BCUT2D eigenvalue weighted by Gasteiger charge is -2.12. The summed E-state index contributed by atoms with van der Waals surface area (Å²) in [5, 5.41) is 3.68. The van der Waals surface area contributed by atoms with Crippen LogP contribution in [0, 0.1) is 0 Å². The van der Waals surface area contributed by atoms with Gasteiger partial charge in [0.1, 0.15) is 0 Å². The molecule has 0 aliphatic heterocycles. The summed E-state index contributed by atoms with van der Waals surface area (Å²) in [5.74, 6) is 0.0264. The monoisotopic (exact) mass is 339 g/mol. The second-order valence-corrected chi connectivity index (χ2v) is 6.90. The van der Waals surface area contributed by atoms with E-state index in [0.29, 0.717) is 6.54 Å². The zero-order chi connectivity index (χ0) is 16.9. The van der Waals surface area contributed by atoms with Gasteiger partial charge in [0.05, 0.1) is 16.3 Å². The molecule has 1 N–H and O–H groups in total. The van der Waals surface area contributed by atoms with Gasteiger partial charge in [0.2, 0.25) is 5.91 Å². The van der Waals surface area contributed by atoms with E-state index in [9.17, 15) is 4.79 Å². The van der Waals surface area contributed by atoms with Gasteiger partial charge < -0.3 is 9.88 Å². The van der Waals surface area contributed by atoms with Crippen molar-refractivity contribution in [3.05, 3.63) is 60.2 Å². The number of nitrogens with one attached hydrogen (secondary N) is 1. The normalized spacial score (nSPS) is 12.2. The number of thioether (sulfide) groups is 1. The van der Waals surface area contributed by atoms with Crippen molar-refractivity contribution in [2.75, 3.05) is 0 Å². The zero-order valence-corrected chi connectivity index (χ0v) is 14.7. The Kier molecular flexibility index (Phi) is 5.20. The fourth-order valence-corrected chi connectivity index (χ4v) is 3.60. The molecule has 1 amide bonds. The molecule has 0 bridgehead atoms. The molecular weight excluding hydrogens is 318 g/mol. The fraction of sp³-hybridized carbons (Fsp3) is 0.263. The number of benzene rings is 2. The fourth-order valence-electron chi connectivity index (χ4n) is 2.59. The molecule has 0 saturated carbocycles. The highest BCUT2D eigenvalue weighted by Crippen LogP contribution is 2.27. The summed E-state index contributed by atoms with van der Waals surface area (Å²) >= 11 is 1.50. The first-order valence-electron chi connectivity index (χ1n) is 8.12. The summed E-state index contributed by atoms with van der Waals surface area (Å²) in [6.45, 7) is 5.40. The van der Waals surface area contributed by atoms with Crippen LogP contribution < -0.4 is 5.32 Å². The third-order valence-corrected chi connectivity index (χ3v) is 4.99. The third-order valence-electron chi connectivity index (χ3n) is 3.90. The van der Waals surface area contributed by atoms with Crippen LogP contribution in [0.1, 0.15) is 19.4 Å². The molecule has 5 heteroatoms. The Balaban J connectivity index is 1.68. The number of aryl methyl sites for hydroxylation is 1. The molecular formula is C19H21N3OS. The van der Waals surface area contributed by atoms with Gasteiger partial charge in [0, 0.05) is 13.1 Å². The maximum Gasteiger partial charge on any atom is 0.233 e. The summed E-state index contributed by atoms with van der Waals surface area (Å²) < 4.78 is 2.15. The highest BCUT2D eigenvalue weighted by molar-refractivity contribution is 8.00. The van der Waals surface area contributed by atoms with Crippen LogP contribution in [0.4, 0.5) is 0 Å². The van der Waals surface area contributed by atoms with Crippen LogP contribution in [-0.2, 0) is 17.9 Å². The molecule has 3 aromatic rings. The highest BCUT2D eigenvalue weighted by atomic mass is 32.2. The predicted molar refractivity (Wildman–Crippen MR) is 99.0 cm³/mol. The molecule has 2 aromatic carbocycles. The molecule has 0 aliphatic carbocycles. The number of carbonyl (C=O) groups excluding carboxylic acids is 1. The molecule has 1 aromatic heterocycles. The number of hydrogen-bond donors (Lipinski definition) is 1. The quantitative estimate of drug-likeness (QED) is 0.694. The Labute approximate surface area is 146 Å². The van der Waals surface area contributed by atoms with E-state index in [1.165, 1.54) is 11.8 Å². The Morgan fingerprint density at radius 2 is 1.88 bits per heavy atom. The minimum atomic E-state index is -0.198. The van der Waals surface area contributed by atoms with E-state index in [4.69, 9.17) is 0 Å². The molecule has 0 spiro atoms. The van der Waals surface area contributed by atoms with Gasteiger partial charge in [-0.05, 0) is 31.5 Å². The molecule has 1 atom stereocenters. The van der Waals surface area contributed by atoms with Crippen LogP contribution in [0.25, 0.3) is 11.0 Å². The van der Waals surface area contributed by atoms with Gasteiger partial charge >= 0.3 is 0 Å². The lowest BCUT2D eigenvalue weighted by molar-refractivity contribution is -0.120. The molecule has 1 heterocycles. The SMILES string of the molecule is CCn1c(S[C@H](C)C(=O)NCc2ccccc2)nc2ccccc21. The molecule has 0 saturated heterocycles. The van der Waals surface area contributed by atoms with E-state index < -0.39 is 0 Å². The predicted octanol–water partition coefficient (Wildman–Crippen LogP) is 3.85. The van der Waals surface area contributed by atoms with Crippen molar-refractivity contribution in [2.45, 2.75) is 37.3 Å². The number of nitrogens with zero attached hydrogens (tertiary/aromatic N) is 2. The molecule has 0 unspecified atom stereocenters. The number of amides is 1. The lowest BCUT2D eigenvalue weighted by Crippen LogP contribution is -2.30. The number of hydrogen-bond acceptors (Lipinski definition) is 3. The summed E-state index contributed by atoms with van der Waals surface area (Å²) in [5.41, 5.74) is 3.18. The largest absolute Gasteiger partial charge is 0.351 e. The number of carbonyl (C=O) groups is 1. The van der Waals surface area contributed by atoms with Crippen molar-refractivity contribution in [3.63, 3.8) is 0 Å². The molecule has 4 nitrogen and oxygen atoms in total. The Bertz CT molecular complexity index is 829. The summed E-state index contributed by atoms with van der Waals surface area (Å²) in [6.07, 6.45) is 0. The van der Waals surface area contributed by atoms with Crippen LogP contribution in [0.2, 0.25) is 0 Å².